The minimum atomic E-state index is -1.35. The maximum absolute atomic E-state index is 14.7. The number of rotatable bonds is 6. The van der Waals surface area contributed by atoms with E-state index in [2.05, 4.69) is 4.57 Å². The maximum Gasteiger partial charge on any atom is 0.168 e. The lowest BCUT2D eigenvalue weighted by Gasteiger charge is -2.39. The van der Waals surface area contributed by atoms with Gasteiger partial charge >= 0.3 is 0 Å². The SMILES string of the molecule is COC1CC(C2CCCc3nc(SCC4C(F)CC(O)CC4F)n(C4CCC(F)CC4)c32)CCC1Cl. The van der Waals surface area contributed by atoms with Crippen molar-refractivity contribution in [2.75, 3.05) is 12.9 Å². The van der Waals surface area contributed by atoms with Crippen molar-refractivity contribution in [2.45, 2.75) is 130 Å². The Morgan fingerprint density at radius 1 is 1.03 bits per heavy atom. The van der Waals surface area contributed by atoms with Crippen molar-refractivity contribution in [1.82, 2.24) is 9.55 Å². The molecule has 0 radical (unpaired) electrons. The van der Waals surface area contributed by atoms with Gasteiger partial charge in [0, 0.05) is 49.3 Å². The first-order chi connectivity index (χ1) is 17.4. The van der Waals surface area contributed by atoms with Crippen molar-refractivity contribution in [3.05, 3.63) is 11.4 Å². The molecular formula is C27H40ClF3N2O2S. The highest BCUT2D eigenvalue weighted by molar-refractivity contribution is 7.99. The summed E-state index contributed by atoms with van der Waals surface area (Å²) in [6, 6.07) is 0.175. The molecule has 204 valence electrons. The molecular weight excluding hydrogens is 509 g/mol. The Hall–Kier alpha value is -0.440. The lowest BCUT2D eigenvalue weighted by atomic mass is 9.72. The maximum atomic E-state index is 14.7. The smallest absolute Gasteiger partial charge is 0.168 e. The highest BCUT2D eigenvalue weighted by atomic mass is 35.5. The standard InChI is InChI=1S/C27H40ClF3N2O2S/c1-35-25-11-15(5-10-21(25)28)19-3-2-4-24-26(19)33(17-8-6-16(29)7-9-17)27(32-24)36-14-20-22(30)12-18(34)13-23(20)31/h15-23,25,34H,2-14H2,1H3. The number of hydrogen-bond donors (Lipinski definition) is 1. The van der Waals surface area contributed by atoms with Gasteiger partial charge in [0.1, 0.15) is 18.5 Å². The van der Waals surface area contributed by atoms with Gasteiger partial charge in [0.05, 0.1) is 23.3 Å². The van der Waals surface area contributed by atoms with E-state index in [1.165, 1.54) is 17.5 Å². The molecule has 6 unspecified atom stereocenters. The number of hydrogen-bond acceptors (Lipinski definition) is 4. The fourth-order valence-corrected chi connectivity index (χ4v) is 8.83. The summed E-state index contributed by atoms with van der Waals surface area (Å²) >= 11 is 8.00. The van der Waals surface area contributed by atoms with Crippen LogP contribution in [-0.4, -0.2) is 63.6 Å². The van der Waals surface area contributed by atoms with Crippen LogP contribution in [0.25, 0.3) is 0 Å². The van der Waals surface area contributed by atoms with Gasteiger partial charge in [-0.15, -0.1) is 11.6 Å². The number of aryl methyl sites for hydroxylation is 1. The van der Waals surface area contributed by atoms with Gasteiger partial charge in [0.2, 0.25) is 0 Å². The van der Waals surface area contributed by atoms with Crippen molar-refractivity contribution in [1.29, 1.82) is 0 Å². The molecule has 0 saturated heterocycles. The Kier molecular flexibility index (Phi) is 8.86. The average molecular weight is 549 g/mol. The number of thioether (sulfide) groups is 1. The van der Waals surface area contributed by atoms with Crippen LogP contribution in [0.2, 0.25) is 0 Å². The highest BCUT2D eigenvalue weighted by Crippen LogP contribution is 2.48. The molecule has 0 spiro atoms. The normalized spacial score (nSPS) is 41.7. The fourth-order valence-electron chi connectivity index (χ4n) is 7.18. The number of ether oxygens (including phenoxy) is 1. The van der Waals surface area contributed by atoms with Crippen molar-refractivity contribution < 1.29 is 23.0 Å². The molecule has 9 heteroatoms. The first-order valence-electron chi connectivity index (χ1n) is 13.9. The lowest BCUT2D eigenvalue weighted by molar-refractivity contribution is 0.00351. The summed E-state index contributed by atoms with van der Waals surface area (Å²) in [6.07, 6.45) is 4.35. The van der Waals surface area contributed by atoms with Crippen LogP contribution < -0.4 is 0 Å². The fraction of sp³-hybridized carbons (Fsp3) is 0.889. The van der Waals surface area contributed by atoms with Gasteiger partial charge < -0.3 is 14.4 Å². The lowest BCUT2D eigenvalue weighted by Crippen LogP contribution is -2.39. The van der Waals surface area contributed by atoms with Crippen LogP contribution in [0.5, 0.6) is 0 Å². The van der Waals surface area contributed by atoms with Crippen LogP contribution in [0.1, 0.15) is 94.0 Å². The molecule has 1 aromatic rings. The molecule has 0 aromatic carbocycles. The van der Waals surface area contributed by atoms with Gasteiger partial charge in [-0.3, -0.25) is 0 Å². The first-order valence-corrected chi connectivity index (χ1v) is 15.3. The van der Waals surface area contributed by atoms with E-state index in [4.69, 9.17) is 21.3 Å². The summed E-state index contributed by atoms with van der Waals surface area (Å²) < 4.78 is 51.5. The molecule has 4 aliphatic rings. The van der Waals surface area contributed by atoms with Crippen LogP contribution in [0.15, 0.2) is 5.16 Å². The van der Waals surface area contributed by atoms with Gasteiger partial charge in [0.15, 0.2) is 5.16 Å². The molecule has 1 N–H and O–H groups in total. The number of fused-ring (bicyclic) bond motifs is 1. The zero-order chi connectivity index (χ0) is 25.4. The minimum Gasteiger partial charge on any atom is -0.393 e. The van der Waals surface area contributed by atoms with Crippen LogP contribution in [-0.2, 0) is 11.2 Å². The number of aromatic nitrogens is 2. The topological polar surface area (TPSA) is 47.3 Å². The molecule has 0 amide bonds. The number of halogens is 4. The first kappa shape index (κ1) is 27.1. The molecule has 1 aromatic heterocycles. The van der Waals surface area contributed by atoms with Gasteiger partial charge in [-0.05, 0) is 70.1 Å². The summed E-state index contributed by atoms with van der Waals surface area (Å²) in [5.41, 5.74) is 2.40. The highest BCUT2D eigenvalue weighted by Gasteiger charge is 2.41. The largest absolute Gasteiger partial charge is 0.393 e. The number of nitrogens with zero attached hydrogens (tertiary/aromatic N) is 2. The molecule has 4 aliphatic carbocycles. The van der Waals surface area contributed by atoms with Crippen molar-refractivity contribution >= 4 is 23.4 Å². The van der Waals surface area contributed by atoms with E-state index in [0.29, 0.717) is 30.4 Å². The van der Waals surface area contributed by atoms with E-state index in [-0.39, 0.29) is 30.4 Å². The second-order valence-electron chi connectivity index (χ2n) is 11.5. The van der Waals surface area contributed by atoms with Crippen LogP contribution in [0.3, 0.4) is 0 Å². The third-order valence-electron chi connectivity index (χ3n) is 9.22. The number of imidazole rings is 1. The number of aliphatic hydroxyl groups excluding tert-OH is 1. The number of alkyl halides is 4. The average Bonchev–Trinajstić information content (AvgIpc) is 3.23. The second-order valence-corrected chi connectivity index (χ2v) is 13.0. The summed E-state index contributed by atoms with van der Waals surface area (Å²) in [7, 11) is 1.74. The molecule has 36 heavy (non-hydrogen) atoms. The van der Waals surface area contributed by atoms with Gasteiger partial charge in [-0.25, -0.2) is 18.2 Å². The van der Waals surface area contributed by atoms with Gasteiger partial charge in [-0.2, -0.15) is 0 Å². The molecule has 0 aliphatic heterocycles. The van der Waals surface area contributed by atoms with E-state index < -0.39 is 30.5 Å². The second kappa shape index (κ2) is 11.7. The predicted octanol–water partition coefficient (Wildman–Crippen LogP) is 6.72. The monoisotopic (exact) mass is 548 g/mol. The van der Waals surface area contributed by atoms with E-state index in [0.717, 1.165) is 62.2 Å². The van der Waals surface area contributed by atoms with Gasteiger partial charge in [-0.1, -0.05) is 11.8 Å². The van der Waals surface area contributed by atoms with Crippen LogP contribution in [0, 0.1) is 11.8 Å². The summed E-state index contributed by atoms with van der Waals surface area (Å²) in [6.45, 7) is 0. The molecule has 3 fully saturated rings. The zero-order valence-corrected chi connectivity index (χ0v) is 22.7. The van der Waals surface area contributed by atoms with Crippen molar-refractivity contribution in [2.24, 2.45) is 11.8 Å². The molecule has 5 rings (SSSR count). The summed E-state index contributed by atoms with van der Waals surface area (Å²) in [5.74, 6) is 0.379. The Morgan fingerprint density at radius 2 is 1.75 bits per heavy atom. The summed E-state index contributed by atoms with van der Waals surface area (Å²) in [5, 5.41) is 10.6. The molecule has 3 saturated carbocycles. The Labute approximate surface area is 222 Å². The van der Waals surface area contributed by atoms with Crippen molar-refractivity contribution in [3.63, 3.8) is 0 Å². The molecule has 1 heterocycles. The van der Waals surface area contributed by atoms with E-state index in [9.17, 15) is 18.3 Å². The molecule has 6 atom stereocenters. The van der Waals surface area contributed by atoms with Crippen LogP contribution in [0.4, 0.5) is 13.2 Å². The third kappa shape index (κ3) is 5.62. The Morgan fingerprint density at radius 3 is 2.44 bits per heavy atom. The predicted molar refractivity (Wildman–Crippen MR) is 137 cm³/mol. The minimum absolute atomic E-state index is 0.00306. The van der Waals surface area contributed by atoms with E-state index in [1.807, 2.05) is 0 Å². The van der Waals surface area contributed by atoms with E-state index in [1.54, 1.807) is 7.11 Å². The number of aliphatic hydroxyl groups is 1. The Bertz CT molecular complexity index is 871. The Balaban J connectivity index is 1.43. The quantitative estimate of drug-likeness (QED) is 0.317. The van der Waals surface area contributed by atoms with Gasteiger partial charge in [0.25, 0.3) is 0 Å². The van der Waals surface area contributed by atoms with Crippen molar-refractivity contribution in [3.8, 4) is 0 Å². The molecule has 4 nitrogen and oxygen atoms in total. The molecule has 0 bridgehead atoms. The zero-order valence-electron chi connectivity index (χ0n) is 21.1. The number of methoxy groups -OCH3 is 1. The van der Waals surface area contributed by atoms with E-state index >= 15 is 0 Å². The van der Waals surface area contributed by atoms with Crippen LogP contribution >= 0.6 is 23.4 Å². The third-order valence-corrected chi connectivity index (χ3v) is 10.8. The summed E-state index contributed by atoms with van der Waals surface area (Å²) in [4.78, 5) is 5.07.